The second-order valence-corrected chi connectivity index (χ2v) is 3.51. The summed E-state index contributed by atoms with van der Waals surface area (Å²) in [6, 6.07) is 0. The van der Waals surface area contributed by atoms with Crippen LogP contribution in [-0.2, 0) is 4.89 Å². The molecule has 0 saturated heterocycles. The van der Waals surface area contributed by atoms with Crippen LogP contribution in [0.4, 0.5) is 0 Å². The van der Waals surface area contributed by atoms with Crippen molar-refractivity contribution in [1.82, 2.24) is 0 Å². The van der Waals surface area contributed by atoms with Gasteiger partial charge >= 0.3 is 29.6 Å². The van der Waals surface area contributed by atoms with E-state index in [0.717, 1.165) is 0 Å². The van der Waals surface area contributed by atoms with Gasteiger partial charge in [0, 0.05) is 0 Å². The van der Waals surface area contributed by atoms with E-state index < -0.39 is 0 Å². The van der Waals surface area contributed by atoms with Crippen LogP contribution in [0.3, 0.4) is 0 Å². The van der Waals surface area contributed by atoms with Gasteiger partial charge in [0.05, 0.1) is 12.1 Å². The predicted molar refractivity (Wildman–Crippen MR) is 49.8 cm³/mol. The Morgan fingerprint density at radius 2 is 1.92 bits per heavy atom. The van der Waals surface area contributed by atoms with Crippen molar-refractivity contribution in [1.29, 1.82) is 0 Å². The van der Waals surface area contributed by atoms with Crippen LogP contribution in [0.5, 0.6) is 0 Å². The molecule has 0 fully saturated rings. The first kappa shape index (κ1) is 15.0. The Kier molecular flexibility index (Phi) is 8.73. The molecule has 12 heavy (non-hydrogen) atoms. The second-order valence-electron chi connectivity index (χ2n) is 3.51. The number of rotatable bonds is 3. The SMILES string of the molecule is CC(C/N=N/C(C)(C)C)OO.[NaH]. The average molecular weight is 184 g/mol. The molecular formula is C7H17N2NaO2. The Labute approximate surface area is 95.6 Å². The summed E-state index contributed by atoms with van der Waals surface area (Å²) < 4.78 is 0. The van der Waals surface area contributed by atoms with E-state index in [4.69, 9.17) is 5.26 Å². The minimum atomic E-state index is -0.277. The summed E-state index contributed by atoms with van der Waals surface area (Å²) in [5.74, 6) is 0. The fourth-order valence-corrected chi connectivity index (χ4v) is 0.401. The van der Waals surface area contributed by atoms with Crippen LogP contribution in [-0.4, -0.2) is 53.0 Å². The van der Waals surface area contributed by atoms with E-state index in [1.54, 1.807) is 6.92 Å². The van der Waals surface area contributed by atoms with Gasteiger partial charge in [0.15, 0.2) is 0 Å². The van der Waals surface area contributed by atoms with Gasteiger partial charge in [-0.3, -0.25) is 5.26 Å². The molecular weight excluding hydrogens is 167 g/mol. The molecule has 5 heteroatoms. The number of hydrogen-bond acceptors (Lipinski definition) is 4. The topological polar surface area (TPSA) is 54.2 Å². The molecule has 0 aromatic rings. The van der Waals surface area contributed by atoms with E-state index in [-0.39, 0.29) is 41.2 Å². The maximum atomic E-state index is 8.16. The van der Waals surface area contributed by atoms with Gasteiger partial charge < -0.3 is 0 Å². The number of nitrogens with zero attached hydrogens (tertiary/aromatic N) is 2. The maximum absolute atomic E-state index is 8.16. The van der Waals surface area contributed by atoms with Crippen LogP contribution in [0.1, 0.15) is 27.7 Å². The van der Waals surface area contributed by atoms with Crippen molar-refractivity contribution in [2.24, 2.45) is 10.2 Å². The van der Waals surface area contributed by atoms with Gasteiger partial charge in [-0.15, -0.1) is 0 Å². The Bertz CT molecular complexity index is 134. The molecule has 0 bridgehead atoms. The van der Waals surface area contributed by atoms with Crippen molar-refractivity contribution < 1.29 is 10.1 Å². The van der Waals surface area contributed by atoms with Gasteiger partial charge in [-0.1, -0.05) is 0 Å². The van der Waals surface area contributed by atoms with Gasteiger partial charge in [-0.25, -0.2) is 4.89 Å². The molecule has 0 aromatic heterocycles. The van der Waals surface area contributed by atoms with E-state index in [0.29, 0.717) is 6.54 Å². The predicted octanol–water partition coefficient (Wildman–Crippen LogP) is 1.47. The van der Waals surface area contributed by atoms with Crippen LogP contribution >= 0.6 is 0 Å². The molecule has 0 spiro atoms. The van der Waals surface area contributed by atoms with E-state index >= 15 is 0 Å². The fourth-order valence-electron chi connectivity index (χ4n) is 0.401. The van der Waals surface area contributed by atoms with Crippen LogP contribution in [0.2, 0.25) is 0 Å². The van der Waals surface area contributed by atoms with Crippen LogP contribution in [0, 0.1) is 0 Å². The molecule has 0 amide bonds. The third-order valence-electron chi connectivity index (χ3n) is 0.889. The van der Waals surface area contributed by atoms with Gasteiger partial charge in [-0.2, -0.15) is 10.2 Å². The summed E-state index contributed by atoms with van der Waals surface area (Å²) in [5.41, 5.74) is -0.144. The average Bonchev–Trinajstić information content (AvgIpc) is 1.85. The van der Waals surface area contributed by atoms with Gasteiger partial charge in [0.2, 0.25) is 0 Å². The molecule has 0 aliphatic rings. The first-order chi connectivity index (χ1) is 4.95. The molecule has 0 heterocycles. The van der Waals surface area contributed by atoms with Crippen molar-refractivity contribution in [3.8, 4) is 0 Å². The molecule has 4 nitrogen and oxygen atoms in total. The van der Waals surface area contributed by atoms with Crippen LogP contribution < -0.4 is 0 Å². The monoisotopic (exact) mass is 184 g/mol. The molecule has 1 atom stereocenters. The summed E-state index contributed by atoms with van der Waals surface area (Å²) in [5, 5.41) is 16.0. The Hall–Kier alpha value is 0.520. The standard InChI is InChI=1S/C7H16N2O2.Na.H/c1-6(11-10)5-8-9-7(2,3)4;;/h6,10H,5H2,1-4H3;;/b9-8+;;. The van der Waals surface area contributed by atoms with Crippen molar-refractivity contribution in [2.45, 2.75) is 39.3 Å². The molecule has 68 valence electrons. The van der Waals surface area contributed by atoms with Gasteiger partial charge in [0.25, 0.3) is 0 Å². The van der Waals surface area contributed by atoms with Crippen molar-refractivity contribution in [2.75, 3.05) is 6.54 Å². The van der Waals surface area contributed by atoms with Crippen molar-refractivity contribution in [3.63, 3.8) is 0 Å². The van der Waals surface area contributed by atoms with E-state index in [9.17, 15) is 0 Å². The first-order valence-electron chi connectivity index (χ1n) is 3.64. The zero-order valence-corrected chi connectivity index (χ0v) is 7.53. The number of azo groups is 1. The fraction of sp³-hybridized carbons (Fsp3) is 1.00. The zero-order chi connectivity index (χ0) is 8.91. The molecule has 0 radical (unpaired) electrons. The molecule has 0 rings (SSSR count). The molecule has 0 saturated carbocycles. The quantitative estimate of drug-likeness (QED) is 0.312. The van der Waals surface area contributed by atoms with E-state index in [2.05, 4.69) is 15.1 Å². The molecule has 0 aromatic carbocycles. The Balaban J connectivity index is 0. The van der Waals surface area contributed by atoms with E-state index in [1.165, 1.54) is 0 Å². The molecule has 1 N–H and O–H groups in total. The first-order valence-corrected chi connectivity index (χ1v) is 3.64. The number of hydrogen-bond donors (Lipinski definition) is 1. The Morgan fingerprint density at radius 3 is 2.25 bits per heavy atom. The minimum absolute atomic E-state index is 0. The molecule has 0 aliphatic heterocycles. The summed E-state index contributed by atoms with van der Waals surface area (Å²) in [4.78, 5) is 4.01. The van der Waals surface area contributed by atoms with Crippen LogP contribution in [0.15, 0.2) is 10.2 Å². The summed E-state index contributed by atoms with van der Waals surface area (Å²) in [6.07, 6.45) is -0.277. The normalized spacial score (nSPS) is 14.4. The van der Waals surface area contributed by atoms with Gasteiger partial charge in [-0.05, 0) is 27.7 Å². The summed E-state index contributed by atoms with van der Waals surface area (Å²) in [7, 11) is 0. The van der Waals surface area contributed by atoms with Crippen molar-refractivity contribution >= 4 is 29.6 Å². The second kappa shape index (κ2) is 6.97. The summed E-state index contributed by atoms with van der Waals surface area (Å²) in [6.45, 7) is 8.00. The zero-order valence-electron chi connectivity index (χ0n) is 7.53. The van der Waals surface area contributed by atoms with E-state index in [1.807, 2.05) is 20.8 Å². The van der Waals surface area contributed by atoms with Crippen LogP contribution in [0.25, 0.3) is 0 Å². The Morgan fingerprint density at radius 1 is 1.42 bits per heavy atom. The molecule has 0 aliphatic carbocycles. The van der Waals surface area contributed by atoms with Gasteiger partial charge in [0.1, 0.15) is 6.10 Å². The van der Waals surface area contributed by atoms with Crippen molar-refractivity contribution in [3.05, 3.63) is 0 Å². The summed E-state index contributed by atoms with van der Waals surface area (Å²) >= 11 is 0. The third kappa shape index (κ3) is 10.5. The molecule has 1 unspecified atom stereocenters. The third-order valence-corrected chi connectivity index (χ3v) is 0.889.